The van der Waals surface area contributed by atoms with Crippen LogP contribution in [-0.4, -0.2) is 46.4 Å². The summed E-state index contributed by atoms with van der Waals surface area (Å²) in [6, 6.07) is 11.4. The average molecular weight is 431 g/mol. The number of carbonyl (C=O) groups is 2. The van der Waals surface area contributed by atoms with Crippen LogP contribution < -0.4 is 4.74 Å². The van der Waals surface area contributed by atoms with Gasteiger partial charge < -0.3 is 24.1 Å². The molecule has 2 aromatic heterocycles. The number of benzene rings is 1. The quantitative estimate of drug-likeness (QED) is 0.385. The smallest absolute Gasteiger partial charge is 0.347 e. The molecule has 4 heterocycles. The average Bonchev–Trinajstić information content (AvgIpc) is 3.27. The first-order valence-corrected chi connectivity index (χ1v) is 10.4. The Balaban J connectivity index is 1.53. The Morgan fingerprint density at radius 3 is 3.03 bits per heavy atom. The van der Waals surface area contributed by atoms with Crippen molar-refractivity contribution in [2.75, 3.05) is 19.8 Å². The molecule has 0 saturated carbocycles. The molecular formula is C24H21N3O5. The molecule has 1 aromatic carbocycles. The minimum Gasteiger partial charge on any atom is -0.491 e. The molecule has 8 nitrogen and oxygen atoms in total. The number of nitrogens with one attached hydrogen (secondary N) is 1. The molecule has 0 unspecified atom stereocenters. The number of aromatic nitrogens is 2. The van der Waals surface area contributed by atoms with Crippen LogP contribution >= 0.6 is 0 Å². The van der Waals surface area contributed by atoms with Gasteiger partial charge in [0.1, 0.15) is 18.0 Å². The van der Waals surface area contributed by atoms with Crippen molar-refractivity contribution in [1.29, 1.82) is 0 Å². The fraction of sp³-hybridized carbons (Fsp3) is 0.208. The van der Waals surface area contributed by atoms with Gasteiger partial charge in [-0.25, -0.2) is 9.78 Å². The number of aromatic amines is 1. The van der Waals surface area contributed by atoms with Crippen LogP contribution in [0.1, 0.15) is 18.1 Å². The minimum atomic E-state index is -0.699. The van der Waals surface area contributed by atoms with E-state index in [4.69, 9.17) is 14.2 Å². The summed E-state index contributed by atoms with van der Waals surface area (Å²) in [5, 5.41) is 0.847. The Kier molecular flexibility index (Phi) is 5.10. The van der Waals surface area contributed by atoms with E-state index in [1.807, 2.05) is 41.3 Å². The number of allylic oxidation sites excluding steroid dienone is 1. The van der Waals surface area contributed by atoms with Gasteiger partial charge >= 0.3 is 5.97 Å². The first kappa shape index (κ1) is 19.9. The van der Waals surface area contributed by atoms with E-state index >= 15 is 0 Å². The van der Waals surface area contributed by atoms with Crippen molar-refractivity contribution in [1.82, 2.24) is 14.9 Å². The molecule has 0 saturated heterocycles. The molecule has 0 radical (unpaired) electrons. The molecule has 0 atom stereocenters. The topological polar surface area (TPSA) is 93.8 Å². The van der Waals surface area contributed by atoms with E-state index in [0.29, 0.717) is 25.3 Å². The van der Waals surface area contributed by atoms with Gasteiger partial charge in [0.05, 0.1) is 13.2 Å². The normalized spacial score (nSPS) is 17.2. The highest BCUT2D eigenvalue weighted by Gasteiger charge is 2.40. The lowest BCUT2D eigenvalue weighted by molar-refractivity contribution is -0.139. The van der Waals surface area contributed by atoms with E-state index in [9.17, 15) is 9.59 Å². The number of fused-ring (bicyclic) bond motifs is 2. The summed E-state index contributed by atoms with van der Waals surface area (Å²) < 4.78 is 17.0. The lowest BCUT2D eigenvalue weighted by Gasteiger charge is -2.22. The van der Waals surface area contributed by atoms with Gasteiger partial charge in [0, 0.05) is 35.5 Å². The van der Waals surface area contributed by atoms with E-state index in [-0.39, 0.29) is 23.8 Å². The molecule has 2 aliphatic heterocycles. The van der Waals surface area contributed by atoms with Crippen LogP contribution in [0.2, 0.25) is 0 Å². The van der Waals surface area contributed by atoms with Gasteiger partial charge in [-0.05, 0) is 31.2 Å². The Bertz CT molecular complexity index is 1270. The van der Waals surface area contributed by atoms with Gasteiger partial charge in [-0.1, -0.05) is 18.2 Å². The van der Waals surface area contributed by atoms with Crippen LogP contribution in [0.25, 0.3) is 17.1 Å². The second-order valence-corrected chi connectivity index (χ2v) is 7.36. The van der Waals surface area contributed by atoms with Crippen LogP contribution in [-0.2, 0) is 25.6 Å². The minimum absolute atomic E-state index is 0.0613. The summed E-state index contributed by atoms with van der Waals surface area (Å²) >= 11 is 0. The number of hydrogen-bond acceptors (Lipinski definition) is 7. The lowest BCUT2D eigenvalue weighted by atomic mass is 10.1. The predicted molar refractivity (Wildman–Crippen MR) is 116 cm³/mol. The maximum atomic E-state index is 13.2. The number of H-pyrrole nitrogens is 1. The van der Waals surface area contributed by atoms with E-state index in [2.05, 4.69) is 9.97 Å². The Hall–Kier alpha value is -4.07. The summed E-state index contributed by atoms with van der Waals surface area (Å²) in [6.45, 7) is 3.13. The van der Waals surface area contributed by atoms with Gasteiger partial charge in [-0.2, -0.15) is 0 Å². The van der Waals surface area contributed by atoms with Crippen molar-refractivity contribution in [2.24, 2.45) is 0 Å². The van der Waals surface area contributed by atoms with Crippen molar-refractivity contribution >= 4 is 28.9 Å². The van der Waals surface area contributed by atoms with Gasteiger partial charge in [-0.3, -0.25) is 4.79 Å². The SMILES string of the molecule is CCOC(=O)C1=C(N2CCOc3ccccc3C2)OC(=Cc2c[nH]c3ncccc23)C1=O. The molecule has 32 heavy (non-hydrogen) atoms. The number of rotatable bonds is 4. The van der Waals surface area contributed by atoms with Crippen molar-refractivity contribution in [2.45, 2.75) is 13.5 Å². The molecule has 1 N–H and O–H groups in total. The van der Waals surface area contributed by atoms with Gasteiger partial charge in [-0.15, -0.1) is 0 Å². The molecule has 5 rings (SSSR count). The summed E-state index contributed by atoms with van der Waals surface area (Å²) in [5.74, 6) is -0.172. The molecule has 162 valence electrons. The monoisotopic (exact) mass is 431 g/mol. The number of pyridine rings is 1. The summed E-state index contributed by atoms with van der Waals surface area (Å²) in [7, 11) is 0. The predicted octanol–water partition coefficient (Wildman–Crippen LogP) is 3.17. The zero-order valence-electron chi connectivity index (χ0n) is 17.5. The first-order valence-electron chi connectivity index (χ1n) is 10.4. The Morgan fingerprint density at radius 2 is 2.16 bits per heavy atom. The number of Topliss-reactive ketones (excluding diaryl/α,β-unsaturated/α-hetero) is 1. The van der Waals surface area contributed by atoms with Crippen molar-refractivity contribution in [3.63, 3.8) is 0 Å². The van der Waals surface area contributed by atoms with Crippen molar-refractivity contribution in [3.05, 3.63) is 77.1 Å². The maximum absolute atomic E-state index is 13.2. The second kappa shape index (κ2) is 8.22. The molecular weight excluding hydrogens is 410 g/mol. The third-order valence-electron chi connectivity index (χ3n) is 5.36. The molecule has 0 fully saturated rings. The van der Waals surface area contributed by atoms with Crippen LogP contribution in [0.5, 0.6) is 5.75 Å². The third-order valence-corrected chi connectivity index (χ3v) is 5.36. The number of hydrogen-bond donors (Lipinski definition) is 1. The van der Waals surface area contributed by atoms with Crippen LogP contribution in [0.3, 0.4) is 0 Å². The van der Waals surface area contributed by atoms with E-state index in [1.165, 1.54) is 0 Å². The molecule has 8 heteroatoms. The fourth-order valence-corrected chi connectivity index (χ4v) is 3.86. The highest BCUT2D eigenvalue weighted by Crippen LogP contribution is 2.34. The standard InChI is InChI=1S/C24H21N3O5/c1-2-30-24(29)20-21(28)19(12-16-13-26-22-17(16)7-5-9-25-22)32-23(20)27-10-11-31-18-8-4-3-6-15(18)14-27/h3-9,12-13H,2,10-11,14H2,1H3,(H,25,26). The molecule has 0 spiro atoms. The number of carbonyl (C=O) groups excluding carboxylic acids is 2. The fourth-order valence-electron chi connectivity index (χ4n) is 3.86. The zero-order chi connectivity index (χ0) is 22.1. The van der Waals surface area contributed by atoms with Gasteiger partial charge in [0.2, 0.25) is 11.7 Å². The van der Waals surface area contributed by atoms with Crippen molar-refractivity contribution < 1.29 is 23.8 Å². The third kappa shape index (κ3) is 3.49. The Labute approximate surface area is 184 Å². The van der Waals surface area contributed by atoms with E-state index in [1.54, 1.807) is 25.4 Å². The summed E-state index contributed by atoms with van der Waals surface area (Å²) in [5.41, 5.74) is 2.28. The maximum Gasteiger partial charge on any atom is 0.347 e. The molecule has 0 bridgehead atoms. The highest BCUT2D eigenvalue weighted by molar-refractivity contribution is 6.26. The first-order chi connectivity index (χ1) is 15.7. The van der Waals surface area contributed by atoms with Crippen LogP contribution in [0, 0.1) is 0 Å². The molecule has 2 aliphatic rings. The second-order valence-electron chi connectivity index (χ2n) is 7.36. The number of para-hydroxylation sites is 1. The summed E-state index contributed by atoms with van der Waals surface area (Å²) in [6.07, 6.45) is 5.06. The summed E-state index contributed by atoms with van der Waals surface area (Å²) in [4.78, 5) is 35.1. The Morgan fingerprint density at radius 1 is 1.28 bits per heavy atom. The highest BCUT2D eigenvalue weighted by atomic mass is 16.5. The molecule has 3 aromatic rings. The number of esters is 1. The van der Waals surface area contributed by atoms with Crippen molar-refractivity contribution in [3.8, 4) is 5.75 Å². The number of ether oxygens (including phenoxy) is 3. The van der Waals surface area contributed by atoms with Gasteiger partial charge in [0.25, 0.3) is 0 Å². The number of nitrogens with zero attached hydrogens (tertiary/aromatic N) is 2. The van der Waals surface area contributed by atoms with Crippen LogP contribution in [0.4, 0.5) is 0 Å². The lowest BCUT2D eigenvalue weighted by Crippen LogP contribution is -2.27. The largest absolute Gasteiger partial charge is 0.491 e. The van der Waals surface area contributed by atoms with Crippen LogP contribution in [0.15, 0.2) is 66.0 Å². The van der Waals surface area contributed by atoms with Gasteiger partial charge in [0.15, 0.2) is 11.3 Å². The van der Waals surface area contributed by atoms with E-state index in [0.717, 1.165) is 22.3 Å². The van der Waals surface area contributed by atoms with E-state index < -0.39 is 11.8 Å². The zero-order valence-corrected chi connectivity index (χ0v) is 17.5. The molecule has 0 aliphatic carbocycles. The number of ketones is 1. The molecule has 0 amide bonds.